The Hall–Kier alpha value is -5.60. The van der Waals surface area contributed by atoms with Crippen molar-refractivity contribution in [1.29, 1.82) is 10.5 Å². The highest BCUT2D eigenvalue weighted by Gasteiger charge is 2.03. The molecule has 4 aromatic carbocycles. The van der Waals surface area contributed by atoms with Crippen LogP contribution in [0.15, 0.2) is 97.1 Å². The minimum Gasteiger partial charge on any atom is -0.618 e. The Balaban J connectivity index is 0.000000211. The largest absolute Gasteiger partial charge is 0.618 e. The summed E-state index contributed by atoms with van der Waals surface area (Å²) < 4.78 is 11.6. The van der Waals surface area contributed by atoms with E-state index in [0.717, 1.165) is 32.1 Å². The van der Waals surface area contributed by atoms with E-state index in [-0.39, 0.29) is 0 Å². The fourth-order valence-electron chi connectivity index (χ4n) is 3.17. The molecule has 0 aliphatic rings. The molecule has 0 heterocycles. The zero-order valence-electron chi connectivity index (χ0n) is 20.8. The predicted octanol–water partition coefficient (Wildman–Crippen LogP) is 5.66. The minimum atomic E-state index is 0.481. The zero-order valence-corrected chi connectivity index (χ0v) is 20.8. The summed E-state index contributed by atoms with van der Waals surface area (Å²) in [6.07, 6.45) is 2.95. The molecule has 0 saturated carbocycles. The van der Waals surface area contributed by atoms with E-state index in [2.05, 4.69) is 0 Å². The van der Waals surface area contributed by atoms with Crippen LogP contribution in [0.4, 0.5) is 11.4 Å². The Labute approximate surface area is 221 Å². The molecule has 0 saturated heterocycles. The van der Waals surface area contributed by atoms with E-state index in [1.54, 1.807) is 111 Å². The number of hydrogen-bond donors (Lipinski definition) is 0. The zero-order chi connectivity index (χ0) is 27.3. The van der Waals surface area contributed by atoms with Gasteiger partial charge in [0.25, 0.3) is 0 Å². The fraction of sp³-hybridized carbons (Fsp3) is 0.0667. The molecule has 0 bridgehead atoms. The smallest absolute Gasteiger partial charge is 0.216 e. The number of nitrogens with zero attached hydrogens (tertiary/aromatic N) is 4. The first-order valence-electron chi connectivity index (χ1n) is 11.4. The highest BCUT2D eigenvalue weighted by molar-refractivity contribution is 5.77. The monoisotopic (exact) mass is 504 g/mol. The van der Waals surface area contributed by atoms with E-state index < -0.39 is 0 Å². The Morgan fingerprint density at radius 3 is 1.13 bits per heavy atom. The van der Waals surface area contributed by atoms with E-state index in [0.29, 0.717) is 22.5 Å². The van der Waals surface area contributed by atoms with Crippen molar-refractivity contribution >= 4 is 23.8 Å². The van der Waals surface area contributed by atoms with Gasteiger partial charge in [0, 0.05) is 35.4 Å². The van der Waals surface area contributed by atoms with Crippen molar-refractivity contribution in [2.75, 3.05) is 14.2 Å². The first kappa shape index (κ1) is 27.0. The molecule has 0 amide bonds. The first-order chi connectivity index (χ1) is 18.4. The van der Waals surface area contributed by atoms with Crippen molar-refractivity contribution in [3.63, 3.8) is 0 Å². The lowest BCUT2D eigenvalue weighted by Crippen LogP contribution is -1.98. The van der Waals surface area contributed by atoms with Crippen LogP contribution in [0.2, 0.25) is 0 Å². The molecule has 0 atom stereocenters. The average molecular weight is 505 g/mol. The summed E-state index contributed by atoms with van der Waals surface area (Å²) in [6.45, 7) is 0. The highest BCUT2D eigenvalue weighted by Crippen LogP contribution is 2.15. The van der Waals surface area contributed by atoms with Crippen LogP contribution in [-0.4, -0.2) is 36.1 Å². The van der Waals surface area contributed by atoms with Crippen LogP contribution in [0.5, 0.6) is 11.5 Å². The third kappa shape index (κ3) is 7.70. The second-order valence-electron chi connectivity index (χ2n) is 7.77. The third-order valence-electron chi connectivity index (χ3n) is 5.27. The molecular weight excluding hydrogens is 480 g/mol. The van der Waals surface area contributed by atoms with Gasteiger partial charge in [-0.3, -0.25) is 0 Å². The molecule has 0 aromatic heterocycles. The van der Waals surface area contributed by atoms with E-state index >= 15 is 0 Å². The lowest BCUT2D eigenvalue weighted by Gasteiger charge is -2.03. The average Bonchev–Trinajstić information content (AvgIpc) is 2.98. The van der Waals surface area contributed by atoms with Crippen LogP contribution in [0.1, 0.15) is 22.3 Å². The number of ether oxygens (including phenoxy) is 2. The second kappa shape index (κ2) is 13.5. The van der Waals surface area contributed by atoms with Gasteiger partial charge in [0.2, 0.25) is 11.4 Å². The Morgan fingerprint density at radius 1 is 0.553 bits per heavy atom. The van der Waals surface area contributed by atoms with E-state index in [1.165, 1.54) is 12.4 Å². The van der Waals surface area contributed by atoms with Gasteiger partial charge in [-0.05, 0) is 72.8 Å². The summed E-state index contributed by atoms with van der Waals surface area (Å²) in [5.74, 6) is 1.49. The maximum atomic E-state index is 11.9. The number of hydrogen-bond acceptors (Lipinski definition) is 6. The van der Waals surface area contributed by atoms with Crippen molar-refractivity contribution in [2.24, 2.45) is 0 Å². The van der Waals surface area contributed by atoms with Crippen molar-refractivity contribution in [3.05, 3.63) is 130 Å². The van der Waals surface area contributed by atoms with E-state index in [4.69, 9.17) is 20.0 Å². The van der Waals surface area contributed by atoms with Crippen molar-refractivity contribution in [1.82, 2.24) is 0 Å². The normalized spacial score (nSPS) is 10.8. The molecule has 8 nitrogen and oxygen atoms in total. The van der Waals surface area contributed by atoms with Gasteiger partial charge in [-0.25, -0.2) is 0 Å². The Morgan fingerprint density at radius 2 is 0.868 bits per heavy atom. The summed E-state index contributed by atoms with van der Waals surface area (Å²) in [6, 6.07) is 31.3. The van der Waals surface area contributed by atoms with Crippen molar-refractivity contribution in [3.8, 4) is 23.6 Å². The predicted molar refractivity (Wildman–Crippen MR) is 145 cm³/mol. The standard InChI is InChI=1S/2C15H12N2O2/c2*1-19-15-8-4-13(5-9-15)11-17(18)14-6-2-12(10-16)3-7-14/h2*2-9,11H,1H3/b2*17-11-. The van der Waals surface area contributed by atoms with Gasteiger partial charge in [0.15, 0.2) is 12.4 Å². The molecule has 0 aliphatic heterocycles. The van der Waals surface area contributed by atoms with Gasteiger partial charge in [-0.1, -0.05) is 0 Å². The van der Waals surface area contributed by atoms with Gasteiger partial charge in [-0.15, -0.1) is 0 Å². The maximum absolute atomic E-state index is 11.9. The molecular formula is C30H24N4O4. The number of rotatable bonds is 6. The molecule has 4 aromatic rings. The molecule has 4 rings (SSSR count). The Kier molecular flexibility index (Phi) is 9.58. The molecule has 38 heavy (non-hydrogen) atoms. The van der Waals surface area contributed by atoms with Crippen LogP contribution in [0, 0.1) is 33.1 Å². The Bertz CT molecular complexity index is 1360. The SMILES string of the molecule is COc1ccc(/C=[N+](\[O-])c2ccc(C#N)cc2)cc1.COc1ccc(/C=[N+](\[O-])c2ccc(C#N)cc2)cc1. The van der Waals surface area contributed by atoms with Gasteiger partial charge < -0.3 is 19.9 Å². The molecule has 0 radical (unpaired) electrons. The van der Waals surface area contributed by atoms with Crippen LogP contribution >= 0.6 is 0 Å². The molecule has 0 unspecified atom stereocenters. The topological polar surface area (TPSA) is 118 Å². The van der Waals surface area contributed by atoms with Crippen LogP contribution in [0.3, 0.4) is 0 Å². The third-order valence-corrected chi connectivity index (χ3v) is 5.27. The maximum Gasteiger partial charge on any atom is 0.216 e. The van der Waals surface area contributed by atoms with Gasteiger partial charge in [-0.2, -0.15) is 20.0 Å². The molecule has 0 N–H and O–H groups in total. The lowest BCUT2D eigenvalue weighted by atomic mass is 10.2. The fourth-order valence-corrected chi connectivity index (χ4v) is 3.17. The van der Waals surface area contributed by atoms with E-state index in [1.807, 2.05) is 12.1 Å². The summed E-state index contributed by atoms with van der Waals surface area (Å²) in [7, 11) is 3.19. The molecule has 8 heteroatoms. The molecule has 0 spiro atoms. The summed E-state index contributed by atoms with van der Waals surface area (Å²) in [5.41, 5.74) is 3.58. The molecule has 0 fully saturated rings. The number of nitriles is 2. The van der Waals surface area contributed by atoms with Crippen molar-refractivity contribution < 1.29 is 19.0 Å². The lowest BCUT2D eigenvalue weighted by molar-refractivity contribution is -0.354. The quantitative estimate of drug-likeness (QED) is 0.145. The van der Waals surface area contributed by atoms with Gasteiger partial charge in [0.1, 0.15) is 11.5 Å². The van der Waals surface area contributed by atoms with E-state index in [9.17, 15) is 10.4 Å². The first-order valence-corrected chi connectivity index (χ1v) is 11.4. The highest BCUT2D eigenvalue weighted by atomic mass is 16.5. The van der Waals surface area contributed by atoms with Crippen LogP contribution in [-0.2, 0) is 0 Å². The second-order valence-corrected chi connectivity index (χ2v) is 7.77. The van der Waals surface area contributed by atoms with Crippen molar-refractivity contribution in [2.45, 2.75) is 0 Å². The minimum absolute atomic E-state index is 0.481. The number of benzene rings is 4. The van der Waals surface area contributed by atoms with Gasteiger partial charge >= 0.3 is 0 Å². The van der Waals surface area contributed by atoms with Crippen LogP contribution < -0.4 is 9.47 Å². The summed E-state index contributed by atoms with van der Waals surface area (Å²) >= 11 is 0. The summed E-state index contributed by atoms with van der Waals surface area (Å²) in [5, 5.41) is 41.2. The number of methoxy groups -OCH3 is 2. The van der Waals surface area contributed by atoms with Crippen LogP contribution in [0.25, 0.3) is 0 Å². The molecule has 188 valence electrons. The van der Waals surface area contributed by atoms with Gasteiger partial charge in [0.05, 0.1) is 37.5 Å². The summed E-state index contributed by atoms with van der Waals surface area (Å²) in [4.78, 5) is 0. The molecule has 0 aliphatic carbocycles.